The number of phosphoric acid groups is 1. The van der Waals surface area contributed by atoms with Gasteiger partial charge in [-0.3, -0.25) is 20.7 Å². The molecule has 10 heteroatoms. The van der Waals surface area contributed by atoms with Gasteiger partial charge in [0, 0.05) is 0 Å². The van der Waals surface area contributed by atoms with Gasteiger partial charge in [-0.05, 0) is 6.42 Å². The Morgan fingerprint density at radius 2 is 1.72 bits per heavy atom. The number of nitrogens with one attached hydrogen (secondary N) is 3. The first kappa shape index (κ1) is 19.2. The van der Waals surface area contributed by atoms with Gasteiger partial charge in [0.2, 0.25) is 0 Å². The van der Waals surface area contributed by atoms with Crippen molar-refractivity contribution >= 4 is 19.7 Å². The normalized spacial score (nSPS) is 10.2. The number of unbranched alkanes of at least 4 members (excludes halogenated alkanes) is 3. The summed E-state index contributed by atoms with van der Waals surface area (Å²) in [4.78, 5) is 16.5. The van der Waals surface area contributed by atoms with E-state index in [9.17, 15) is 4.57 Å². The Morgan fingerprint density at radius 1 is 1.22 bits per heavy atom. The van der Waals surface area contributed by atoms with Crippen LogP contribution < -0.4 is 16.8 Å². The van der Waals surface area contributed by atoms with E-state index in [1.165, 1.54) is 0 Å². The zero-order valence-corrected chi connectivity index (χ0v) is 11.2. The molecular weight excluding hydrogens is 261 g/mol. The van der Waals surface area contributed by atoms with Crippen LogP contribution in [0.5, 0.6) is 0 Å². The van der Waals surface area contributed by atoms with Crippen molar-refractivity contribution in [2.45, 2.75) is 32.6 Å². The third-order valence-electron chi connectivity index (χ3n) is 1.53. The molecule has 0 spiro atoms. The summed E-state index contributed by atoms with van der Waals surface area (Å²) in [5.41, 5.74) is 9.49. The maximum Gasteiger partial charge on any atom is 0.469 e. The second-order valence-corrected chi connectivity index (χ2v) is 4.58. The van der Waals surface area contributed by atoms with Crippen molar-refractivity contribution in [1.29, 1.82) is 10.8 Å². The molecule has 0 bridgehead atoms. The highest BCUT2D eigenvalue weighted by atomic mass is 31.2. The Balaban J connectivity index is 0. The fourth-order valence-electron chi connectivity index (χ4n) is 0.857. The summed E-state index contributed by atoms with van der Waals surface area (Å²) >= 11 is 0. The quantitative estimate of drug-likeness (QED) is 0.155. The Morgan fingerprint density at radius 3 is 2.00 bits per heavy atom. The molecule has 18 heavy (non-hydrogen) atoms. The molecule has 0 aliphatic heterocycles. The third kappa shape index (κ3) is 24.2. The molecule has 9 N–H and O–H groups in total. The van der Waals surface area contributed by atoms with Gasteiger partial charge in [-0.2, -0.15) is 0 Å². The monoisotopic (exact) mass is 283 g/mol. The summed E-state index contributed by atoms with van der Waals surface area (Å²) in [6.07, 6.45) is 3.88. The van der Waals surface area contributed by atoms with E-state index in [0.29, 0.717) is 0 Å². The number of hydrogen-bond donors (Lipinski definition) is 7. The summed E-state index contributed by atoms with van der Waals surface area (Å²) in [6.45, 7) is 2.23. The fraction of sp³-hybridized carbons (Fsp3) is 0.750. The van der Waals surface area contributed by atoms with E-state index in [-0.39, 0.29) is 18.5 Å². The highest BCUT2D eigenvalue weighted by molar-refractivity contribution is 7.46. The fourth-order valence-corrected chi connectivity index (χ4v) is 1.22. The lowest BCUT2D eigenvalue weighted by molar-refractivity contribution is 0.193. The van der Waals surface area contributed by atoms with E-state index in [4.69, 9.17) is 32.1 Å². The lowest BCUT2D eigenvalue weighted by atomic mass is 10.2. The molecular formula is C8H22N5O4P. The molecule has 0 heterocycles. The Hall–Kier alpha value is -1.15. The summed E-state index contributed by atoms with van der Waals surface area (Å²) in [6, 6.07) is 0. The number of phosphoric ester groups is 1. The molecule has 0 saturated carbocycles. The van der Waals surface area contributed by atoms with Gasteiger partial charge in [0.15, 0.2) is 11.9 Å². The molecule has 0 rings (SSSR count). The van der Waals surface area contributed by atoms with Crippen LogP contribution >= 0.6 is 7.82 Å². The smallest absolute Gasteiger partial charge is 0.370 e. The summed E-state index contributed by atoms with van der Waals surface area (Å²) in [5, 5.41) is 15.0. The van der Waals surface area contributed by atoms with Crippen LogP contribution in [0.15, 0.2) is 0 Å². The zero-order chi connectivity index (χ0) is 14.6. The molecule has 0 amide bonds. The van der Waals surface area contributed by atoms with Gasteiger partial charge in [-0.1, -0.05) is 26.2 Å². The molecule has 0 saturated heterocycles. The molecule has 0 aliphatic rings. The zero-order valence-electron chi connectivity index (χ0n) is 10.3. The first-order valence-electron chi connectivity index (χ1n) is 5.34. The highest BCUT2D eigenvalue weighted by Gasteiger charge is 2.11. The van der Waals surface area contributed by atoms with Crippen molar-refractivity contribution in [3.8, 4) is 0 Å². The van der Waals surface area contributed by atoms with Gasteiger partial charge in [-0.25, -0.2) is 4.57 Å². The molecule has 0 atom stereocenters. The van der Waals surface area contributed by atoms with Gasteiger partial charge >= 0.3 is 7.82 Å². The predicted octanol–water partition coefficient (Wildman–Crippen LogP) is 0.0389. The van der Waals surface area contributed by atoms with E-state index in [1.54, 1.807) is 0 Å². The van der Waals surface area contributed by atoms with E-state index < -0.39 is 7.82 Å². The SMILES string of the molecule is CCCCCCOP(=O)(O)O.N=C(N)NC(=N)N. The average molecular weight is 283 g/mol. The molecule has 108 valence electrons. The molecule has 0 aromatic heterocycles. The van der Waals surface area contributed by atoms with Crippen LogP contribution in [0.1, 0.15) is 32.6 Å². The second kappa shape index (κ2) is 11.0. The van der Waals surface area contributed by atoms with Crippen molar-refractivity contribution in [3.63, 3.8) is 0 Å². The molecule has 0 radical (unpaired) electrons. The summed E-state index contributed by atoms with van der Waals surface area (Å²) < 4.78 is 14.4. The maximum atomic E-state index is 10.1. The van der Waals surface area contributed by atoms with Crippen molar-refractivity contribution in [2.24, 2.45) is 11.5 Å². The van der Waals surface area contributed by atoms with Crippen LogP contribution in [0.2, 0.25) is 0 Å². The van der Waals surface area contributed by atoms with Crippen LogP contribution in [-0.2, 0) is 9.09 Å². The predicted molar refractivity (Wildman–Crippen MR) is 69.1 cm³/mol. The lowest BCUT2D eigenvalue weighted by Gasteiger charge is -2.03. The minimum Gasteiger partial charge on any atom is -0.370 e. The summed E-state index contributed by atoms with van der Waals surface area (Å²) in [7, 11) is -4.21. The average Bonchev–Trinajstić information content (AvgIpc) is 2.14. The molecule has 0 unspecified atom stereocenters. The lowest BCUT2D eigenvalue weighted by Crippen LogP contribution is -2.39. The van der Waals surface area contributed by atoms with Crippen LogP contribution in [0.3, 0.4) is 0 Å². The van der Waals surface area contributed by atoms with E-state index in [0.717, 1.165) is 25.7 Å². The van der Waals surface area contributed by atoms with E-state index >= 15 is 0 Å². The van der Waals surface area contributed by atoms with E-state index in [2.05, 4.69) is 11.4 Å². The Labute approximate surface area is 106 Å². The van der Waals surface area contributed by atoms with Gasteiger partial charge < -0.3 is 21.3 Å². The molecule has 0 aromatic carbocycles. The highest BCUT2D eigenvalue weighted by Crippen LogP contribution is 2.35. The van der Waals surface area contributed by atoms with Crippen LogP contribution in [0.25, 0.3) is 0 Å². The van der Waals surface area contributed by atoms with Crippen LogP contribution in [-0.4, -0.2) is 28.3 Å². The largest absolute Gasteiger partial charge is 0.469 e. The van der Waals surface area contributed by atoms with Crippen molar-refractivity contribution in [3.05, 3.63) is 0 Å². The third-order valence-corrected chi connectivity index (χ3v) is 2.05. The second-order valence-electron chi connectivity index (χ2n) is 3.34. The standard InChI is InChI=1S/C6H15O4P.C2H7N5/c1-2-3-4-5-6-10-11(7,8)9;3-1(4)7-2(5)6/h2-6H2,1H3,(H2,7,8,9);(H7,3,4,5,6,7). The first-order valence-corrected chi connectivity index (χ1v) is 6.87. The maximum absolute atomic E-state index is 10.1. The van der Waals surface area contributed by atoms with Crippen LogP contribution in [0.4, 0.5) is 0 Å². The number of nitrogens with two attached hydrogens (primary N) is 2. The summed E-state index contributed by atoms with van der Waals surface area (Å²) in [5.74, 6) is -0.625. The minimum atomic E-state index is -4.21. The van der Waals surface area contributed by atoms with Crippen molar-refractivity contribution in [1.82, 2.24) is 5.32 Å². The van der Waals surface area contributed by atoms with Gasteiger partial charge in [0.1, 0.15) is 0 Å². The van der Waals surface area contributed by atoms with Gasteiger partial charge in [0.05, 0.1) is 6.61 Å². The molecule has 9 nitrogen and oxygen atoms in total. The van der Waals surface area contributed by atoms with Gasteiger partial charge in [-0.15, -0.1) is 0 Å². The topological polar surface area (TPSA) is 179 Å². The Kier molecular flexibility index (Phi) is 11.7. The van der Waals surface area contributed by atoms with E-state index in [1.807, 2.05) is 5.32 Å². The molecule has 0 aromatic rings. The molecule has 0 aliphatic carbocycles. The minimum absolute atomic E-state index is 0.157. The van der Waals surface area contributed by atoms with Crippen molar-refractivity contribution in [2.75, 3.05) is 6.61 Å². The first-order chi connectivity index (χ1) is 8.19. The number of guanidine groups is 2. The van der Waals surface area contributed by atoms with Crippen molar-refractivity contribution < 1.29 is 18.9 Å². The number of hydrogen-bond acceptors (Lipinski definition) is 4. The molecule has 0 fully saturated rings. The van der Waals surface area contributed by atoms with Crippen LogP contribution in [0, 0.1) is 10.8 Å². The number of rotatable bonds is 6. The Bertz CT molecular complexity index is 281. The van der Waals surface area contributed by atoms with Gasteiger partial charge in [0.25, 0.3) is 0 Å².